The first-order valence-electron chi connectivity index (χ1n) is 4.49. The van der Waals surface area contributed by atoms with Crippen molar-refractivity contribution in [1.82, 2.24) is 0 Å². The van der Waals surface area contributed by atoms with Crippen LogP contribution in [0, 0.1) is 0 Å². The Hall–Kier alpha value is -0.960. The number of hydrogen-bond acceptors (Lipinski definition) is 2. The van der Waals surface area contributed by atoms with E-state index in [1.807, 2.05) is 0 Å². The quantitative estimate of drug-likeness (QED) is 0.422. The van der Waals surface area contributed by atoms with Crippen LogP contribution >= 0.6 is 12.6 Å². The van der Waals surface area contributed by atoms with E-state index in [0.717, 1.165) is 0 Å². The van der Waals surface area contributed by atoms with Gasteiger partial charge in [-0.25, -0.2) is 0 Å². The van der Waals surface area contributed by atoms with Gasteiger partial charge in [0.25, 0.3) is 0 Å². The first-order valence-corrected chi connectivity index (χ1v) is 4.94. The molecule has 0 spiro atoms. The van der Waals surface area contributed by atoms with Crippen LogP contribution in [-0.4, -0.2) is 5.91 Å². The lowest BCUT2D eigenvalue weighted by molar-refractivity contribution is -0.114. The van der Waals surface area contributed by atoms with Crippen LogP contribution in [0.1, 0.15) is 27.2 Å². The van der Waals surface area contributed by atoms with E-state index in [9.17, 15) is 4.79 Å². The molecule has 0 atom stereocenters. The van der Waals surface area contributed by atoms with E-state index in [1.54, 1.807) is 25.2 Å². The summed E-state index contributed by atoms with van der Waals surface area (Å²) in [5.74, 6) is -0.455. The highest BCUT2D eigenvalue weighted by Crippen LogP contribution is 2.09. The summed E-state index contributed by atoms with van der Waals surface area (Å²) >= 11 is 4.04. The molecule has 0 radical (unpaired) electrons. The summed E-state index contributed by atoms with van der Waals surface area (Å²) in [5, 5.41) is 0. The maximum Gasteiger partial charge on any atom is 0.245 e. The van der Waals surface area contributed by atoms with Crippen LogP contribution < -0.4 is 5.73 Å². The number of nitrogens with two attached hydrogens (primary N) is 1. The Morgan fingerprint density at radius 1 is 1.50 bits per heavy atom. The van der Waals surface area contributed by atoms with Gasteiger partial charge in [-0.3, -0.25) is 4.79 Å². The van der Waals surface area contributed by atoms with E-state index in [-0.39, 0.29) is 0 Å². The molecule has 2 N–H and O–H groups in total. The summed E-state index contributed by atoms with van der Waals surface area (Å²) in [6.07, 6.45) is 6.20. The Labute approximate surface area is 92.0 Å². The molecule has 0 saturated heterocycles. The predicted molar refractivity (Wildman–Crippen MR) is 66.2 cm³/mol. The maximum absolute atomic E-state index is 10.6. The fourth-order valence-electron chi connectivity index (χ4n) is 0.410. The van der Waals surface area contributed by atoms with Crippen molar-refractivity contribution >= 4 is 18.5 Å². The molecule has 0 bridgehead atoms. The van der Waals surface area contributed by atoms with Crippen LogP contribution in [0.25, 0.3) is 0 Å². The molecule has 0 unspecified atom stereocenters. The van der Waals surface area contributed by atoms with E-state index in [0.29, 0.717) is 10.5 Å². The third kappa shape index (κ3) is 9.13. The summed E-state index contributed by atoms with van der Waals surface area (Å²) < 4.78 is 0. The summed E-state index contributed by atoms with van der Waals surface area (Å²) in [6.45, 7) is 9.35. The Balaban J connectivity index is 0. The van der Waals surface area contributed by atoms with E-state index >= 15 is 0 Å². The van der Waals surface area contributed by atoms with E-state index in [4.69, 9.17) is 5.73 Å². The molecule has 0 aromatic carbocycles. The second kappa shape index (κ2) is 10.1. The number of carbonyl (C=O) groups is 1. The fourth-order valence-corrected chi connectivity index (χ4v) is 0.607. The molecule has 2 nitrogen and oxygen atoms in total. The van der Waals surface area contributed by atoms with Crippen LogP contribution in [0.15, 0.2) is 35.3 Å². The minimum absolute atomic E-state index is 0.450. The zero-order chi connectivity index (χ0) is 11.6. The van der Waals surface area contributed by atoms with E-state index in [1.165, 1.54) is 6.42 Å². The van der Waals surface area contributed by atoms with Gasteiger partial charge in [-0.15, -0.1) is 12.6 Å². The molecular formula is C11H19NOS. The van der Waals surface area contributed by atoms with Gasteiger partial charge in [0.15, 0.2) is 0 Å². The normalized spacial score (nSPS) is 11.4. The number of amides is 1. The van der Waals surface area contributed by atoms with Crippen molar-refractivity contribution in [3.05, 3.63) is 35.3 Å². The Kier molecular flexibility index (Phi) is 11.2. The van der Waals surface area contributed by atoms with Crippen LogP contribution in [-0.2, 0) is 4.79 Å². The number of rotatable bonds is 3. The van der Waals surface area contributed by atoms with Gasteiger partial charge in [-0.2, -0.15) is 0 Å². The van der Waals surface area contributed by atoms with E-state index < -0.39 is 5.91 Å². The first kappa shape index (κ1) is 15.5. The van der Waals surface area contributed by atoms with Crippen molar-refractivity contribution in [2.75, 3.05) is 0 Å². The van der Waals surface area contributed by atoms with E-state index in [2.05, 4.69) is 33.1 Å². The molecule has 0 aliphatic rings. The van der Waals surface area contributed by atoms with Gasteiger partial charge >= 0.3 is 0 Å². The van der Waals surface area contributed by atoms with Crippen molar-refractivity contribution in [3.63, 3.8) is 0 Å². The zero-order valence-corrected chi connectivity index (χ0v) is 9.97. The molecule has 0 aromatic rings. The summed E-state index contributed by atoms with van der Waals surface area (Å²) in [7, 11) is 0. The van der Waals surface area contributed by atoms with Crippen molar-refractivity contribution in [2.24, 2.45) is 5.73 Å². The van der Waals surface area contributed by atoms with Crippen molar-refractivity contribution in [2.45, 2.75) is 27.2 Å². The van der Waals surface area contributed by atoms with Crippen molar-refractivity contribution < 1.29 is 4.79 Å². The molecular weight excluding hydrogens is 194 g/mol. The molecule has 3 heteroatoms. The van der Waals surface area contributed by atoms with Gasteiger partial charge in [0.1, 0.15) is 0 Å². The van der Waals surface area contributed by atoms with Gasteiger partial charge < -0.3 is 5.73 Å². The SMILES string of the molecule is C=C/C=C\C(S)=C(/C)C(N)=O.CCC. The zero-order valence-electron chi connectivity index (χ0n) is 9.08. The molecule has 0 aliphatic heterocycles. The minimum atomic E-state index is -0.455. The van der Waals surface area contributed by atoms with Crippen LogP contribution in [0.5, 0.6) is 0 Å². The highest BCUT2D eigenvalue weighted by Gasteiger charge is 1.99. The van der Waals surface area contributed by atoms with Crippen LogP contribution in [0.2, 0.25) is 0 Å². The first-order chi connectivity index (χ1) is 6.51. The monoisotopic (exact) mass is 213 g/mol. The molecule has 0 saturated carbocycles. The van der Waals surface area contributed by atoms with Crippen molar-refractivity contribution in [1.29, 1.82) is 0 Å². The lowest BCUT2D eigenvalue weighted by Gasteiger charge is -1.95. The van der Waals surface area contributed by atoms with Gasteiger partial charge in [-0.05, 0) is 13.0 Å². The number of thiol groups is 1. The summed E-state index contributed by atoms with van der Waals surface area (Å²) in [4.78, 5) is 11.1. The molecule has 14 heavy (non-hydrogen) atoms. The highest BCUT2D eigenvalue weighted by molar-refractivity contribution is 7.84. The minimum Gasteiger partial charge on any atom is -0.366 e. The fraction of sp³-hybridized carbons (Fsp3) is 0.364. The molecule has 0 aliphatic carbocycles. The third-order valence-electron chi connectivity index (χ3n) is 1.14. The molecule has 0 rings (SSSR count). The van der Waals surface area contributed by atoms with Gasteiger partial charge in [-0.1, -0.05) is 39.0 Å². The lowest BCUT2D eigenvalue weighted by atomic mass is 10.2. The summed E-state index contributed by atoms with van der Waals surface area (Å²) in [5.41, 5.74) is 5.45. The molecule has 80 valence electrons. The Morgan fingerprint density at radius 3 is 2.21 bits per heavy atom. The third-order valence-corrected chi connectivity index (χ3v) is 1.63. The number of allylic oxidation sites excluding steroid dienone is 3. The number of primary amides is 1. The second-order valence-electron chi connectivity index (χ2n) is 2.68. The largest absolute Gasteiger partial charge is 0.366 e. The Morgan fingerprint density at radius 2 is 1.93 bits per heavy atom. The standard InChI is InChI=1S/C8H11NOS.C3H8/c1-3-4-5-7(11)6(2)8(9)10;1-3-2/h3-5,11H,1H2,2H3,(H2,9,10);3H2,1-2H3/b5-4-,7-6-;. The molecule has 0 heterocycles. The van der Waals surface area contributed by atoms with Gasteiger partial charge in [0, 0.05) is 10.5 Å². The lowest BCUT2D eigenvalue weighted by Crippen LogP contribution is -2.12. The molecule has 1 amide bonds. The van der Waals surface area contributed by atoms with Crippen molar-refractivity contribution in [3.8, 4) is 0 Å². The number of hydrogen-bond donors (Lipinski definition) is 2. The molecule has 0 aromatic heterocycles. The van der Waals surface area contributed by atoms with Crippen LogP contribution in [0.3, 0.4) is 0 Å². The smallest absolute Gasteiger partial charge is 0.245 e. The second-order valence-corrected chi connectivity index (χ2v) is 3.16. The highest BCUT2D eigenvalue weighted by atomic mass is 32.1. The maximum atomic E-state index is 10.6. The average Bonchev–Trinajstić information content (AvgIpc) is 2.14. The molecule has 0 fully saturated rings. The Bertz CT molecular complexity index is 242. The van der Waals surface area contributed by atoms with Crippen LogP contribution in [0.4, 0.5) is 0 Å². The number of carbonyl (C=O) groups excluding carboxylic acids is 1. The predicted octanol–water partition coefficient (Wildman–Crippen LogP) is 2.83. The topological polar surface area (TPSA) is 43.1 Å². The van der Waals surface area contributed by atoms with Gasteiger partial charge in [0.2, 0.25) is 5.91 Å². The van der Waals surface area contributed by atoms with Gasteiger partial charge in [0.05, 0.1) is 0 Å². The average molecular weight is 213 g/mol. The summed E-state index contributed by atoms with van der Waals surface area (Å²) in [6, 6.07) is 0.